The Morgan fingerprint density at radius 2 is 1.79 bits per heavy atom. The average molecular weight is 408 g/mol. The number of anilines is 1. The fourth-order valence-corrected chi connectivity index (χ4v) is 3.41. The lowest BCUT2D eigenvalue weighted by atomic mass is 10.1. The van der Waals surface area contributed by atoms with E-state index in [9.17, 15) is 9.59 Å². The molecular weight excluding hydrogens is 390 g/mol. The Bertz CT molecular complexity index is 1290. The van der Waals surface area contributed by atoms with E-state index in [0.717, 1.165) is 16.8 Å². The molecule has 0 aliphatic rings. The zero-order valence-corrected chi connectivity index (χ0v) is 16.6. The lowest BCUT2D eigenvalue weighted by molar-refractivity contribution is -0.117. The molecule has 146 valence electrons. The Morgan fingerprint density at radius 3 is 2.55 bits per heavy atom. The van der Waals surface area contributed by atoms with Gasteiger partial charge in [0.25, 0.3) is 5.56 Å². The standard InChI is InChI=1S/C21H18ClN5O2/c1-13-10-19(27(24-13)16-7-5-6-15(22)11-16)23-20(28)12-26-21(29)18-9-4-3-8-17(18)14(2)25-26/h3-11H,12H2,1-2H3,(H,23,28). The van der Waals surface area contributed by atoms with E-state index >= 15 is 0 Å². The third kappa shape index (κ3) is 3.77. The lowest BCUT2D eigenvalue weighted by Crippen LogP contribution is -2.30. The van der Waals surface area contributed by atoms with Gasteiger partial charge in [0, 0.05) is 16.5 Å². The van der Waals surface area contributed by atoms with Crippen LogP contribution in [0.25, 0.3) is 16.5 Å². The van der Waals surface area contributed by atoms with Gasteiger partial charge in [0.15, 0.2) is 0 Å². The van der Waals surface area contributed by atoms with Crippen molar-refractivity contribution < 1.29 is 4.79 Å². The molecule has 4 rings (SSSR count). The van der Waals surface area contributed by atoms with Crippen molar-refractivity contribution in [1.82, 2.24) is 19.6 Å². The van der Waals surface area contributed by atoms with E-state index in [1.807, 2.05) is 38.1 Å². The predicted octanol–water partition coefficient (Wildman–Crippen LogP) is 3.49. The van der Waals surface area contributed by atoms with E-state index < -0.39 is 0 Å². The van der Waals surface area contributed by atoms with Crippen LogP contribution in [0, 0.1) is 13.8 Å². The maximum absolute atomic E-state index is 12.7. The Morgan fingerprint density at radius 1 is 1.03 bits per heavy atom. The van der Waals surface area contributed by atoms with Crippen molar-refractivity contribution in [2.24, 2.45) is 0 Å². The number of amides is 1. The molecule has 0 aliphatic heterocycles. The van der Waals surface area contributed by atoms with Crippen LogP contribution in [-0.4, -0.2) is 25.5 Å². The first-order chi connectivity index (χ1) is 13.9. The molecule has 2 aromatic carbocycles. The van der Waals surface area contributed by atoms with Crippen molar-refractivity contribution in [1.29, 1.82) is 0 Å². The highest BCUT2D eigenvalue weighted by atomic mass is 35.5. The summed E-state index contributed by atoms with van der Waals surface area (Å²) in [6.07, 6.45) is 0. The monoisotopic (exact) mass is 407 g/mol. The van der Waals surface area contributed by atoms with Gasteiger partial charge in [-0.2, -0.15) is 10.2 Å². The van der Waals surface area contributed by atoms with Crippen LogP contribution in [0.15, 0.2) is 59.4 Å². The summed E-state index contributed by atoms with van der Waals surface area (Å²) < 4.78 is 2.78. The van der Waals surface area contributed by atoms with Crippen LogP contribution in [0.3, 0.4) is 0 Å². The summed E-state index contributed by atoms with van der Waals surface area (Å²) in [7, 11) is 0. The maximum Gasteiger partial charge on any atom is 0.275 e. The molecule has 0 saturated carbocycles. The molecule has 0 unspecified atom stereocenters. The molecule has 0 atom stereocenters. The summed E-state index contributed by atoms with van der Waals surface area (Å²) in [5, 5.41) is 13.4. The molecule has 2 aromatic heterocycles. The second kappa shape index (κ2) is 7.52. The number of nitrogens with one attached hydrogen (secondary N) is 1. The van der Waals surface area contributed by atoms with Crippen molar-refractivity contribution >= 4 is 34.1 Å². The number of rotatable bonds is 4. The Hall–Kier alpha value is -3.45. The summed E-state index contributed by atoms with van der Waals surface area (Å²) in [6.45, 7) is 3.44. The summed E-state index contributed by atoms with van der Waals surface area (Å²) in [5.74, 6) is 0.109. The minimum atomic E-state index is -0.377. The SMILES string of the molecule is Cc1cc(NC(=O)Cn2nc(C)c3ccccc3c2=O)n(-c2cccc(Cl)c2)n1. The number of nitrogens with zero attached hydrogens (tertiary/aromatic N) is 4. The van der Waals surface area contributed by atoms with Crippen LogP contribution in [0.4, 0.5) is 5.82 Å². The number of halogens is 1. The molecule has 2 heterocycles. The van der Waals surface area contributed by atoms with E-state index in [-0.39, 0.29) is 18.0 Å². The Balaban J connectivity index is 1.63. The van der Waals surface area contributed by atoms with E-state index in [0.29, 0.717) is 21.9 Å². The molecule has 8 heteroatoms. The normalized spacial score (nSPS) is 11.0. The number of aromatic nitrogens is 4. The van der Waals surface area contributed by atoms with Crippen molar-refractivity contribution in [2.45, 2.75) is 20.4 Å². The summed E-state index contributed by atoms with van der Waals surface area (Å²) in [6, 6.07) is 16.1. The summed E-state index contributed by atoms with van der Waals surface area (Å²) >= 11 is 6.07. The Kier molecular flexibility index (Phi) is 4.90. The number of hydrogen-bond acceptors (Lipinski definition) is 4. The summed E-state index contributed by atoms with van der Waals surface area (Å²) in [5.41, 5.74) is 1.84. The van der Waals surface area contributed by atoms with Crippen molar-refractivity contribution in [2.75, 3.05) is 5.32 Å². The highest BCUT2D eigenvalue weighted by Gasteiger charge is 2.14. The van der Waals surface area contributed by atoms with E-state index in [2.05, 4.69) is 15.5 Å². The lowest BCUT2D eigenvalue weighted by Gasteiger charge is -2.11. The molecule has 1 N–H and O–H groups in total. The van der Waals surface area contributed by atoms with Crippen molar-refractivity contribution in [3.8, 4) is 5.69 Å². The molecule has 0 aliphatic carbocycles. The van der Waals surface area contributed by atoms with Crippen molar-refractivity contribution in [3.63, 3.8) is 0 Å². The van der Waals surface area contributed by atoms with Crippen LogP contribution in [0.5, 0.6) is 0 Å². The average Bonchev–Trinajstić information content (AvgIpc) is 3.06. The van der Waals surface area contributed by atoms with Crippen molar-refractivity contribution in [3.05, 3.63) is 81.4 Å². The van der Waals surface area contributed by atoms with Crippen LogP contribution in [-0.2, 0) is 11.3 Å². The van der Waals surface area contributed by atoms with Crippen LogP contribution < -0.4 is 10.9 Å². The Labute approximate surface area is 171 Å². The van der Waals surface area contributed by atoms with Gasteiger partial charge in [0.05, 0.1) is 22.5 Å². The number of fused-ring (bicyclic) bond motifs is 1. The third-order valence-electron chi connectivity index (χ3n) is 4.50. The number of carbonyl (C=O) groups excluding carboxylic acids is 1. The zero-order valence-electron chi connectivity index (χ0n) is 15.9. The van der Waals surface area contributed by atoms with Crippen LogP contribution in [0.1, 0.15) is 11.4 Å². The third-order valence-corrected chi connectivity index (χ3v) is 4.73. The fraction of sp³-hybridized carbons (Fsp3) is 0.143. The minimum Gasteiger partial charge on any atom is -0.309 e. The fourth-order valence-electron chi connectivity index (χ4n) is 3.22. The maximum atomic E-state index is 12.7. The molecule has 0 bridgehead atoms. The highest BCUT2D eigenvalue weighted by Crippen LogP contribution is 2.20. The largest absolute Gasteiger partial charge is 0.309 e. The van der Waals surface area contributed by atoms with Gasteiger partial charge in [0.2, 0.25) is 5.91 Å². The highest BCUT2D eigenvalue weighted by molar-refractivity contribution is 6.30. The quantitative estimate of drug-likeness (QED) is 0.561. The number of aryl methyl sites for hydroxylation is 2. The minimum absolute atomic E-state index is 0.204. The molecule has 1 amide bonds. The van der Waals surface area contributed by atoms with Gasteiger partial charge in [-0.25, -0.2) is 9.36 Å². The van der Waals surface area contributed by atoms with E-state index in [1.165, 1.54) is 4.68 Å². The topological polar surface area (TPSA) is 81.8 Å². The van der Waals surface area contributed by atoms with E-state index in [4.69, 9.17) is 11.6 Å². The second-order valence-corrected chi connectivity index (χ2v) is 7.14. The van der Waals surface area contributed by atoms with Gasteiger partial charge >= 0.3 is 0 Å². The molecule has 0 radical (unpaired) electrons. The van der Waals surface area contributed by atoms with Gasteiger partial charge in [-0.1, -0.05) is 35.9 Å². The number of benzene rings is 2. The summed E-state index contributed by atoms with van der Waals surface area (Å²) in [4.78, 5) is 25.4. The van der Waals surface area contributed by atoms with Crippen LogP contribution in [0.2, 0.25) is 5.02 Å². The molecule has 29 heavy (non-hydrogen) atoms. The van der Waals surface area contributed by atoms with E-state index in [1.54, 1.807) is 35.0 Å². The van der Waals surface area contributed by atoms with Gasteiger partial charge in [-0.15, -0.1) is 0 Å². The predicted molar refractivity (Wildman–Crippen MR) is 113 cm³/mol. The van der Waals surface area contributed by atoms with Gasteiger partial charge in [-0.05, 0) is 38.1 Å². The molecule has 4 aromatic rings. The second-order valence-electron chi connectivity index (χ2n) is 6.70. The van der Waals surface area contributed by atoms with Gasteiger partial charge in [0.1, 0.15) is 12.4 Å². The number of carbonyl (C=O) groups is 1. The first-order valence-electron chi connectivity index (χ1n) is 9.01. The molecule has 7 nitrogen and oxygen atoms in total. The van der Waals surface area contributed by atoms with Gasteiger partial charge < -0.3 is 5.32 Å². The molecule has 0 saturated heterocycles. The first kappa shape index (κ1) is 18.9. The van der Waals surface area contributed by atoms with Gasteiger partial charge in [-0.3, -0.25) is 9.59 Å². The number of hydrogen-bond donors (Lipinski definition) is 1. The molecule has 0 fully saturated rings. The first-order valence-corrected chi connectivity index (χ1v) is 9.39. The van der Waals surface area contributed by atoms with Crippen LogP contribution >= 0.6 is 11.6 Å². The molecule has 0 spiro atoms. The smallest absolute Gasteiger partial charge is 0.275 e. The molecular formula is C21H18ClN5O2. The zero-order chi connectivity index (χ0) is 20.5.